The van der Waals surface area contributed by atoms with Gasteiger partial charge in [0.15, 0.2) is 23.4 Å². The first kappa shape index (κ1) is 21.2. The molecule has 2 aliphatic heterocycles. The van der Waals surface area contributed by atoms with Gasteiger partial charge in [-0.25, -0.2) is 0 Å². The molecule has 2 bridgehead atoms. The number of hydrogen-bond acceptors (Lipinski definition) is 6. The van der Waals surface area contributed by atoms with Crippen molar-refractivity contribution in [2.45, 2.75) is 36.5 Å². The molecule has 1 saturated heterocycles. The number of nitrogens with one attached hydrogen (secondary N) is 3. The number of rotatable bonds is 0. The summed E-state index contributed by atoms with van der Waals surface area (Å²) in [4.78, 5) is 2.43. The Kier molecular flexibility index (Phi) is 5.42. The van der Waals surface area contributed by atoms with E-state index in [4.69, 9.17) is 27.0 Å². The van der Waals surface area contributed by atoms with Crippen LogP contribution in [0.15, 0.2) is 24.3 Å². The molecule has 5 rings (SSSR count). The summed E-state index contributed by atoms with van der Waals surface area (Å²) >= 11 is 0. The Morgan fingerprint density at radius 2 is 1.97 bits per heavy atom. The van der Waals surface area contributed by atoms with Crippen LogP contribution in [-0.2, 0) is 11.8 Å². The molecule has 2 heterocycles. The summed E-state index contributed by atoms with van der Waals surface area (Å²) in [5.74, 6) is 0.564. The summed E-state index contributed by atoms with van der Waals surface area (Å²) < 4.78 is 6.09. The van der Waals surface area contributed by atoms with Crippen LogP contribution >= 0.6 is 12.4 Å². The fourth-order valence-corrected chi connectivity index (χ4v) is 5.38. The van der Waals surface area contributed by atoms with Crippen LogP contribution in [0, 0.1) is 16.7 Å². The summed E-state index contributed by atoms with van der Waals surface area (Å²) in [5.41, 5.74) is 11.8. The van der Waals surface area contributed by atoms with Gasteiger partial charge in [0, 0.05) is 22.9 Å². The van der Waals surface area contributed by atoms with E-state index < -0.39 is 6.10 Å². The van der Waals surface area contributed by atoms with E-state index in [-0.39, 0.29) is 41.6 Å². The van der Waals surface area contributed by atoms with Crippen molar-refractivity contribution in [1.82, 2.24) is 10.2 Å². The maximum atomic E-state index is 10.4. The predicted molar refractivity (Wildman–Crippen MR) is 112 cm³/mol. The summed E-state index contributed by atoms with van der Waals surface area (Å²) in [7, 11) is 2.19. The Bertz CT molecular complexity index is 866. The largest absolute Gasteiger partial charge is 0.504 e. The highest BCUT2D eigenvalue weighted by molar-refractivity contribution is 5.93. The van der Waals surface area contributed by atoms with Crippen molar-refractivity contribution in [2.75, 3.05) is 13.6 Å². The molecule has 0 aromatic heterocycles. The maximum Gasteiger partial charge on any atom is 0.192 e. The van der Waals surface area contributed by atoms with E-state index in [1.165, 1.54) is 11.1 Å². The van der Waals surface area contributed by atoms with Gasteiger partial charge in [-0.15, -0.1) is 12.4 Å². The standard InChI is InChI=1S/C17H19NO3.C2H7N5.ClH/c1-18-7-6-17-10-3-5-13(20)16(17)21-15-12(19)4-2-9(14(15)17)8-11(10)18;3-1(4)7-2(5)6;/h2-5,10-11,13,16,19-20H,6-8H2,1H3;(H7,3,4,5,6,7);1H/t10-,11+,13-,16-,17-;;/m0../s1. The first-order valence-electron chi connectivity index (χ1n) is 9.29. The van der Waals surface area contributed by atoms with Gasteiger partial charge in [0.05, 0.1) is 0 Å². The van der Waals surface area contributed by atoms with Crippen LogP contribution < -0.4 is 21.5 Å². The van der Waals surface area contributed by atoms with Crippen LogP contribution in [0.1, 0.15) is 17.5 Å². The molecule has 0 amide bonds. The van der Waals surface area contributed by atoms with Crippen molar-refractivity contribution in [2.24, 2.45) is 17.4 Å². The normalized spacial score (nSPS) is 32.6. The van der Waals surface area contributed by atoms with Crippen molar-refractivity contribution in [3.63, 3.8) is 0 Å². The highest BCUT2D eigenvalue weighted by atomic mass is 35.5. The highest BCUT2D eigenvalue weighted by Gasteiger charge is 2.64. The maximum absolute atomic E-state index is 10.4. The van der Waals surface area contributed by atoms with E-state index in [2.05, 4.69) is 18.0 Å². The van der Waals surface area contributed by atoms with E-state index in [0.29, 0.717) is 17.7 Å². The third-order valence-corrected chi connectivity index (χ3v) is 6.42. The molecule has 10 heteroatoms. The number of phenolic OH excluding ortho intramolecular Hbond substituents is 1. The van der Waals surface area contributed by atoms with Crippen LogP contribution in [0.25, 0.3) is 0 Å². The fraction of sp³-hybridized carbons (Fsp3) is 0.474. The van der Waals surface area contributed by atoms with Crippen molar-refractivity contribution >= 4 is 24.3 Å². The molecular formula is C19H27ClN6O3. The average molecular weight is 423 g/mol. The van der Waals surface area contributed by atoms with Crippen LogP contribution in [0.5, 0.6) is 11.5 Å². The summed E-state index contributed by atoms with van der Waals surface area (Å²) in [6.45, 7) is 1.01. The molecule has 2 aliphatic carbocycles. The lowest BCUT2D eigenvalue weighted by Gasteiger charge is -2.56. The summed E-state index contributed by atoms with van der Waals surface area (Å²) in [5, 5.41) is 35.6. The predicted octanol–water partition coefficient (Wildman–Crippen LogP) is -0.0172. The zero-order valence-corrected chi connectivity index (χ0v) is 16.9. The number of guanidine groups is 2. The lowest BCUT2D eigenvalue weighted by molar-refractivity contribution is -0.0453. The molecule has 1 spiro atoms. The quantitative estimate of drug-likeness (QED) is 0.175. The first-order chi connectivity index (χ1) is 13.3. The second-order valence-corrected chi connectivity index (χ2v) is 7.88. The highest BCUT2D eigenvalue weighted by Crippen LogP contribution is 2.62. The number of ether oxygens (including phenoxy) is 1. The van der Waals surface area contributed by atoms with Crippen molar-refractivity contribution < 1.29 is 14.9 Å². The average Bonchev–Trinajstić information content (AvgIpc) is 2.97. The Balaban J connectivity index is 0.000000263. The molecule has 158 valence electrons. The van der Waals surface area contributed by atoms with Gasteiger partial charge in [-0.3, -0.25) is 16.1 Å². The van der Waals surface area contributed by atoms with Gasteiger partial charge in [0.2, 0.25) is 0 Å². The van der Waals surface area contributed by atoms with E-state index in [0.717, 1.165) is 19.4 Å². The Morgan fingerprint density at radius 1 is 1.28 bits per heavy atom. The second kappa shape index (κ2) is 7.40. The van der Waals surface area contributed by atoms with E-state index in [1.54, 1.807) is 6.07 Å². The van der Waals surface area contributed by atoms with Gasteiger partial charge in [0.25, 0.3) is 0 Å². The molecule has 0 radical (unpaired) electrons. The Hall–Kier alpha value is -2.49. The number of likely N-dealkylation sites (tertiary alicyclic amines) is 1. The number of aromatic hydroxyl groups is 1. The number of benzene rings is 1. The minimum Gasteiger partial charge on any atom is -0.504 e. The van der Waals surface area contributed by atoms with Gasteiger partial charge in [0.1, 0.15) is 12.2 Å². The fourth-order valence-electron chi connectivity index (χ4n) is 5.38. The zero-order valence-electron chi connectivity index (χ0n) is 16.1. The summed E-state index contributed by atoms with van der Waals surface area (Å²) in [6.07, 6.45) is 5.18. The molecule has 0 saturated carbocycles. The van der Waals surface area contributed by atoms with Crippen molar-refractivity contribution in [3.8, 4) is 11.5 Å². The van der Waals surface area contributed by atoms with Gasteiger partial charge >= 0.3 is 0 Å². The zero-order chi connectivity index (χ0) is 20.2. The van der Waals surface area contributed by atoms with Crippen molar-refractivity contribution in [3.05, 3.63) is 35.4 Å². The Labute approximate surface area is 175 Å². The van der Waals surface area contributed by atoms with Crippen LogP contribution in [0.4, 0.5) is 0 Å². The number of likely N-dealkylation sites (N-methyl/N-ethyl adjacent to an activating group) is 1. The third kappa shape index (κ3) is 3.09. The summed E-state index contributed by atoms with van der Waals surface area (Å²) in [6, 6.07) is 4.23. The molecule has 9 N–H and O–H groups in total. The lowest BCUT2D eigenvalue weighted by atomic mass is 9.53. The molecule has 9 nitrogen and oxygen atoms in total. The van der Waals surface area contributed by atoms with Crippen molar-refractivity contribution in [1.29, 1.82) is 10.8 Å². The Morgan fingerprint density at radius 3 is 2.59 bits per heavy atom. The van der Waals surface area contributed by atoms with Crippen LogP contribution in [0.2, 0.25) is 0 Å². The topological polar surface area (TPSA) is 165 Å². The number of piperidine rings is 1. The SMILES string of the molecule is CN1CC[C@]23c4c5ccc(O)c4O[C@H]2[C@@H](O)C=C[C@H]3[C@H]1C5.Cl.N=C(N)NC(=N)N. The smallest absolute Gasteiger partial charge is 0.192 e. The van der Waals surface area contributed by atoms with Gasteiger partial charge < -0.3 is 31.3 Å². The molecular weight excluding hydrogens is 396 g/mol. The molecule has 1 aromatic rings. The molecule has 1 fully saturated rings. The van der Waals surface area contributed by atoms with E-state index in [9.17, 15) is 10.2 Å². The minimum atomic E-state index is -0.594. The number of hydrogen-bond donors (Lipinski definition) is 7. The van der Waals surface area contributed by atoms with Gasteiger partial charge in [-0.2, -0.15) is 0 Å². The number of aliphatic hydroxyl groups is 1. The van der Waals surface area contributed by atoms with Crippen LogP contribution in [-0.4, -0.2) is 58.9 Å². The van der Waals surface area contributed by atoms with Gasteiger partial charge in [-0.05, 0) is 38.1 Å². The third-order valence-electron chi connectivity index (χ3n) is 6.42. The monoisotopic (exact) mass is 422 g/mol. The van der Waals surface area contributed by atoms with Gasteiger partial charge in [-0.1, -0.05) is 18.2 Å². The molecule has 4 aliphatic rings. The molecule has 29 heavy (non-hydrogen) atoms. The van der Waals surface area contributed by atoms with E-state index in [1.807, 2.05) is 17.5 Å². The van der Waals surface area contributed by atoms with Crippen LogP contribution in [0.3, 0.4) is 0 Å². The van der Waals surface area contributed by atoms with E-state index >= 15 is 0 Å². The minimum absolute atomic E-state index is 0. The molecule has 1 aromatic carbocycles. The second-order valence-electron chi connectivity index (χ2n) is 7.88. The number of halogens is 1. The molecule has 0 unspecified atom stereocenters. The molecule has 5 atom stereocenters. The lowest BCUT2D eigenvalue weighted by Crippen LogP contribution is -2.64. The number of phenols is 1. The first-order valence-corrected chi connectivity index (χ1v) is 9.29. The number of aliphatic hydroxyl groups excluding tert-OH is 1. The number of nitrogens with two attached hydrogens (primary N) is 2. The number of nitrogens with zero attached hydrogens (tertiary/aromatic N) is 1.